The van der Waals surface area contributed by atoms with Crippen LogP contribution in [0.25, 0.3) is 0 Å². The van der Waals surface area contributed by atoms with Crippen LogP contribution in [0.5, 0.6) is 0 Å². The third-order valence-electron chi connectivity index (χ3n) is 2.94. The molecule has 0 aliphatic rings. The molecule has 0 unspecified atom stereocenters. The van der Waals surface area contributed by atoms with Gasteiger partial charge in [-0.1, -0.05) is 60.7 Å². The first kappa shape index (κ1) is 14.5. The Morgan fingerprint density at radius 2 is 1.55 bits per heavy atom. The summed E-state index contributed by atoms with van der Waals surface area (Å²) in [5.41, 5.74) is 2.05. The quantitative estimate of drug-likeness (QED) is 0.739. The summed E-state index contributed by atoms with van der Waals surface area (Å²) in [5.74, 6) is 0. The third-order valence-corrected chi connectivity index (χ3v) is 3.22. The lowest BCUT2D eigenvalue weighted by atomic mass is 10.1. The Balaban J connectivity index is 1.73. The van der Waals surface area contributed by atoms with Gasteiger partial charge in [0.2, 0.25) is 0 Å². The van der Waals surface area contributed by atoms with E-state index in [2.05, 4.69) is 10.6 Å². The van der Waals surface area contributed by atoms with Crippen molar-refractivity contribution in [3.8, 4) is 0 Å². The highest BCUT2D eigenvalue weighted by molar-refractivity contribution is 7.80. The number of benzene rings is 2. The van der Waals surface area contributed by atoms with Crippen LogP contribution >= 0.6 is 12.2 Å². The summed E-state index contributed by atoms with van der Waals surface area (Å²) in [6.45, 7) is 1.07. The summed E-state index contributed by atoms with van der Waals surface area (Å²) < 4.78 is 0. The van der Waals surface area contributed by atoms with Crippen molar-refractivity contribution in [2.75, 3.05) is 6.54 Å². The molecule has 2 rings (SSSR count). The molecule has 0 saturated heterocycles. The van der Waals surface area contributed by atoms with Crippen LogP contribution in [0.15, 0.2) is 60.7 Å². The highest BCUT2D eigenvalue weighted by atomic mass is 32.1. The Morgan fingerprint density at radius 1 is 0.950 bits per heavy atom. The van der Waals surface area contributed by atoms with E-state index in [1.165, 1.54) is 5.56 Å². The van der Waals surface area contributed by atoms with Gasteiger partial charge in [-0.25, -0.2) is 0 Å². The molecule has 2 aromatic carbocycles. The summed E-state index contributed by atoms with van der Waals surface area (Å²) in [7, 11) is 0. The Morgan fingerprint density at radius 3 is 2.20 bits per heavy atom. The lowest BCUT2D eigenvalue weighted by molar-refractivity contribution is 0.181. The van der Waals surface area contributed by atoms with Crippen molar-refractivity contribution < 1.29 is 5.11 Å². The van der Waals surface area contributed by atoms with Crippen molar-refractivity contribution in [2.24, 2.45) is 0 Å². The number of aliphatic hydroxyl groups excluding tert-OH is 1. The molecule has 0 aliphatic heterocycles. The number of hydrogen-bond donors (Lipinski definition) is 3. The monoisotopic (exact) mass is 286 g/mol. The second-order valence-electron chi connectivity index (χ2n) is 4.48. The summed E-state index contributed by atoms with van der Waals surface area (Å²) in [6, 6.07) is 19.6. The summed E-state index contributed by atoms with van der Waals surface area (Å²) >= 11 is 5.19. The molecule has 0 radical (unpaired) electrons. The molecule has 0 aromatic heterocycles. The lowest BCUT2D eigenvalue weighted by Gasteiger charge is -2.14. The van der Waals surface area contributed by atoms with Crippen LogP contribution < -0.4 is 10.6 Å². The van der Waals surface area contributed by atoms with Crippen molar-refractivity contribution in [3.63, 3.8) is 0 Å². The second-order valence-corrected chi connectivity index (χ2v) is 4.88. The van der Waals surface area contributed by atoms with E-state index in [-0.39, 0.29) is 0 Å². The minimum atomic E-state index is -0.562. The summed E-state index contributed by atoms with van der Waals surface area (Å²) in [5, 5.41) is 16.7. The fourth-order valence-corrected chi connectivity index (χ4v) is 1.98. The van der Waals surface area contributed by atoms with Crippen LogP contribution in [-0.2, 0) is 6.54 Å². The molecular formula is C16H18N2OS. The largest absolute Gasteiger partial charge is 0.387 e. The van der Waals surface area contributed by atoms with Crippen molar-refractivity contribution in [3.05, 3.63) is 71.8 Å². The molecular weight excluding hydrogens is 268 g/mol. The van der Waals surface area contributed by atoms with Crippen LogP contribution in [0.2, 0.25) is 0 Å². The predicted molar refractivity (Wildman–Crippen MR) is 85.3 cm³/mol. The second kappa shape index (κ2) is 7.62. The molecule has 20 heavy (non-hydrogen) atoms. The van der Waals surface area contributed by atoms with Gasteiger partial charge < -0.3 is 15.7 Å². The smallest absolute Gasteiger partial charge is 0.166 e. The van der Waals surface area contributed by atoms with Gasteiger partial charge in [0.1, 0.15) is 0 Å². The van der Waals surface area contributed by atoms with Gasteiger partial charge in [-0.05, 0) is 23.3 Å². The van der Waals surface area contributed by atoms with Gasteiger partial charge in [0.25, 0.3) is 0 Å². The predicted octanol–water partition coefficient (Wildman–Crippen LogP) is 2.38. The molecule has 3 nitrogen and oxygen atoms in total. The summed E-state index contributed by atoms with van der Waals surface area (Å²) in [4.78, 5) is 0. The van der Waals surface area contributed by atoms with Crippen LogP contribution in [0.4, 0.5) is 0 Å². The first-order chi connectivity index (χ1) is 9.75. The van der Waals surface area contributed by atoms with E-state index in [1.54, 1.807) is 0 Å². The van der Waals surface area contributed by atoms with E-state index in [0.29, 0.717) is 18.2 Å². The van der Waals surface area contributed by atoms with E-state index >= 15 is 0 Å². The zero-order valence-electron chi connectivity index (χ0n) is 11.1. The average Bonchev–Trinajstić information content (AvgIpc) is 2.52. The maximum atomic E-state index is 10.0. The van der Waals surface area contributed by atoms with Crippen molar-refractivity contribution in [1.29, 1.82) is 0 Å². The third kappa shape index (κ3) is 4.64. The highest BCUT2D eigenvalue weighted by Gasteiger charge is 2.06. The Hall–Kier alpha value is -1.91. The van der Waals surface area contributed by atoms with Gasteiger partial charge in [0.15, 0.2) is 5.11 Å². The molecule has 4 heteroatoms. The van der Waals surface area contributed by atoms with Crippen molar-refractivity contribution >= 4 is 17.3 Å². The van der Waals surface area contributed by atoms with E-state index < -0.39 is 6.10 Å². The normalized spacial score (nSPS) is 11.7. The molecule has 0 aliphatic carbocycles. The first-order valence-electron chi connectivity index (χ1n) is 6.54. The molecule has 2 aromatic rings. The Kier molecular flexibility index (Phi) is 5.53. The van der Waals surface area contributed by atoms with Gasteiger partial charge in [-0.15, -0.1) is 0 Å². The maximum absolute atomic E-state index is 10.0. The number of nitrogens with one attached hydrogen (secondary N) is 2. The Labute approximate surface area is 124 Å². The zero-order chi connectivity index (χ0) is 14.2. The lowest BCUT2D eigenvalue weighted by Crippen LogP contribution is -2.37. The molecule has 104 valence electrons. The van der Waals surface area contributed by atoms with E-state index in [4.69, 9.17) is 12.2 Å². The van der Waals surface area contributed by atoms with E-state index in [1.807, 2.05) is 60.7 Å². The highest BCUT2D eigenvalue weighted by Crippen LogP contribution is 2.10. The minimum absolute atomic E-state index is 0.393. The first-order valence-corrected chi connectivity index (χ1v) is 6.95. The van der Waals surface area contributed by atoms with Crippen molar-refractivity contribution in [2.45, 2.75) is 12.6 Å². The summed E-state index contributed by atoms with van der Waals surface area (Å²) in [6.07, 6.45) is -0.562. The molecule has 3 N–H and O–H groups in total. The van der Waals surface area contributed by atoms with Crippen LogP contribution in [0.1, 0.15) is 17.2 Å². The molecule has 0 amide bonds. The number of hydrogen-bond acceptors (Lipinski definition) is 2. The number of thiocarbonyl (C=S) groups is 1. The average molecular weight is 286 g/mol. The minimum Gasteiger partial charge on any atom is -0.387 e. The van der Waals surface area contributed by atoms with Gasteiger partial charge in [0.05, 0.1) is 6.10 Å². The van der Waals surface area contributed by atoms with Crippen LogP contribution in [0, 0.1) is 0 Å². The molecule has 0 heterocycles. The molecule has 0 spiro atoms. The standard InChI is InChI=1S/C16H18N2OS/c19-15(14-9-5-2-6-10-14)12-18-16(20)17-11-13-7-3-1-4-8-13/h1-10,15,19H,11-12H2,(H2,17,18,20)/t15-/m0/s1. The fourth-order valence-electron chi connectivity index (χ4n) is 1.82. The van der Waals surface area contributed by atoms with E-state index in [9.17, 15) is 5.11 Å². The fraction of sp³-hybridized carbons (Fsp3) is 0.188. The maximum Gasteiger partial charge on any atom is 0.166 e. The van der Waals surface area contributed by atoms with Gasteiger partial charge in [-0.3, -0.25) is 0 Å². The topological polar surface area (TPSA) is 44.3 Å². The van der Waals surface area contributed by atoms with Crippen LogP contribution in [0.3, 0.4) is 0 Å². The Bertz CT molecular complexity index is 531. The van der Waals surface area contributed by atoms with Crippen LogP contribution in [-0.4, -0.2) is 16.8 Å². The number of rotatable bonds is 5. The zero-order valence-corrected chi connectivity index (χ0v) is 11.9. The van der Waals surface area contributed by atoms with E-state index in [0.717, 1.165) is 5.56 Å². The SMILES string of the molecule is O[C@@H](CNC(=S)NCc1ccccc1)c1ccccc1. The molecule has 0 fully saturated rings. The molecule has 0 saturated carbocycles. The van der Waals surface area contributed by atoms with Gasteiger partial charge in [-0.2, -0.15) is 0 Å². The molecule has 0 bridgehead atoms. The van der Waals surface area contributed by atoms with Gasteiger partial charge in [0, 0.05) is 13.1 Å². The van der Waals surface area contributed by atoms with Gasteiger partial charge >= 0.3 is 0 Å². The number of aliphatic hydroxyl groups is 1. The van der Waals surface area contributed by atoms with Crippen molar-refractivity contribution in [1.82, 2.24) is 10.6 Å². The molecule has 1 atom stereocenters.